The Morgan fingerprint density at radius 2 is 1.94 bits per heavy atom. The highest BCUT2D eigenvalue weighted by molar-refractivity contribution is 7.99. The number of nitrogen functional groups attached to an aromatic ring is 1. The summed E-state index contributed by atoms with van der Waals surface area (Å²) in [5, 5.41) is 3.90. The molecule has 1 aromatic heterocycles. The zero-order valence-corrected chi connectivity index (χ0v) is 11.3. The first-order valence-electron chi connectivity index (χ1n) is 5.79. The van der Waals surface area contributed by atoms with Gasteiger partial charge in [0.05, 0.1) is 0 Å². The first-order chi connectivity index (χ1) is 8.70. The van der Waals surface area contributed by atoms with E-state index in [0.29, 0.717) is 11.5 Å². The van der Waals surface area contributed by atoms with E-state index >= 15 is 0 Å². The molecule has 94 valence electrons. The smallest absolute Gasteiger partial charge is 0.153 e. The van der Waals surface area contributed by atoms with Crippen LogP contribution < -0.4 is 11.1 Å². The second-order valence-corrected chi connectivity index (χ2v) is 4.95. The lowest BCUT2D eigenvalue weighted by Gasteiger charge is -2.09. The monoisotopic (exact) mass is 260 g/mol. The van der Waals surface area contributed by atoms with Crippen LogP contribution in [0.4, 0.5) is 11.5 Å². The van der Waals surface area contributed by atoms with Gasteiger partial charge in [-0.3, -0.25) is 0 Å². The van der Waals surface area contributed by atoms with Crippen LogP contribution in [0.3, 0.4) is 0 Å². The van der Waals surface area contributed by atoms with Crippen LogP contribution in [0.1, 0.15) is 12.5 Å². The number of nitrogens with two attached hydrogens (primary N) is 1. The number of hydrogen-bond donors (Lipinski definition) is 2. The summed E-state index contributed by atoms with van der Waals surface area (Å²) in [6.45, 7) is 4.86. The Hall–Kier alpha value is -1.75. The third-order valence-electron chi connectivity index (χ3n) is 2.43. The highest BCUT2D eigenvalue weighted by Gasteiger charge is 2.08. The van der Waals surface area contributed by atoms with Crippen molar-refractivity contribution in [3.05, 3.63) is 36.2 Å². The molecule has 1 aromatic carbocycles. The molecule has 2 rings (SSSR count). The standard InChI is InChI=1S/C13H16N4S/c1-3-15-12-11(14)13(17-8-16-12)18-10-6-4-9(2)5-7-10/h4-8H,3,14H2,1-2H3,(H,15,16,17). The minimum atomic E-state index is 0.602. The van der Waals surface area contributed by atoms with Gasteiger partial charge in [-0.15, -0.1) is 0 Å². The third-order valence-corrected chi connectivity index (χ3v) is 3.45. The summed E-state index contributed by atoms with van der Waals surface area (Å²) in [4.78, 5) is 9.47. The lowest BCUT2D eigenvalue weighted by atomic mass is 10.2. The van der Waals surface area contributed by atoms with Crippen LogP contribution in [0, 0.1) is 6.92 Å². The van der Waals surface area contributed by atoms with Crippen LogP contribution in [0.25, 0.3) is 0 Å². The largest absolute Gasteiger partial charge is 0.394 e. The molecule has 0 aliphatic heterocycles. The zero-order chi connectivity index (χ0) is 13.0. The van der Waals surface area contributed by atoms with Gasteiger partial charge in [-0.25, -0.2) is 9.97 Å². The highest BCUT2D eigenvalue weighted by Crippen LogP contribution is 2.32. The molecule has 0 bridgehead atoms. The van der Waals surface area contributed by atoms with Gasteiger partial charge in [0, 0.05) is 11.4 Å². The van der Waals surface area contributed by atoms with Gasteiger partial charge < -0.3 is 11.1 Å². The quantitative estimate of drug-likeness (QED) is 0.827. The van der Waals surface area contributed by atoms with E-state index in [2.05, 4.69) is 46.5 Å². The number of rotatable bonds is 4. The molecule has 0 aliphatic rings. The minimum Gasteiger partial charge on any atom is -0.394 e. The van der Waals surface area contributed by atoms with Crippen LogP contribution in [-0.2, 0) is 0 Å². The lowest BCUT2D eigenvalue weighted by molar-refractivity contribution is 1.04. The minimum absolute atomic E-state index is 0.602. The molecule has 4 nitrogen and oxygen atoms in total. The predicted octanol–water partition coefficient (Wildman–Crippen LogP) is 2.95. The van der Waals surface area contributed by atoms with E-state index < -0.39 is 0 Å². The average Bonchev–Trinajstić information content (AvgIpc) is 2.37. The zero-order valence-electron chi connectivity index (χ0n) is 10.5. The molecule has 0 spiro atoms. The molecule has 0 saturated heterocycles. The average molecular weight is 260 g/mol. The summed E-state index contributed by atoms with van der Waals surface area (Å²) in [7, 11) is 0. The number of benzene rings is 1. The van der Waals surface area contributed by atoms with Crippen LogP contribution in [0.15, 0.2) is 40.5 Å². The van der Waals surface area contributed by atoms with Crippen molar-refractivity contribution in [2.75, 3.05) is 17.6 Å². The van der Waals surface area contributed by atoms with E-state index in [1.54, 1.807) is 11.8 Å². The summed E-state index contributed by atoms with van der Waals surface area (Å²) < 4.78 is 0. The SMILES string of the molecule is CCNc1ncnc(Sc2ccc(C)cc2)c1N. The van der Waals surface area contributed by atoms with Crippen molar-refractivity contribution in [1.82, 2.24) is 9.97 Å². The van der Waals surface area contributed by atoms with Crippen molar-refractivity contribution in [2.45, 2.75) is 23.8 Å². The number of nitrogens with one attached hydrogen (secondary N) is 1. The molecule has 1 heterocycles. The van der Waals surface area contributed by atoms with Gasteiger partial charge in [-0.1, -0.05) is 29.5 Å². The summed E-state index contributed by atoms with van der Waals surface area (Å²) in [6, 6.07) is 8.28. The molecule has 0 atom stereocenters. The number of hydrogen-bond acceptors (Lipinski definition) is 5. The van der Waals surface area contributed by atoms with Crippen molar-refractivity contribution in [2.24, 2.45) is 0 Å². The Morgan fingerprint density at radius 1 is 1.22 bits per heavy atom. The summed E-state index contributed by atoms with van der Waals surface area (Å²) in [6.07, 6.45) is 1.53. The predicted molar refractivity (Wildman–Crippen MR) is 75.9 cm³/mol. The molecule has 0 amide bonds. The molecule has 0 saturated carbocycles. The van der Waals surface area contributed by atoms with E-state index in [0.717, 1.165) is 16.5 Å². The van der Waals surface area contributed by atoms with Crippen LogP contribution >= 0.6 is 11.8 Å². The van der Waals surface area contributed by atoms with Gasteiger partial charge in [0.1, 0.15) is 17.0 Å². The Bertz CT molecular complexity index is 525. The molecule has 0 unspecified atom stereocenters. The van der Waals surface area contributed by atoms with Gasteiger partial charge >= 0.3 is 0 Å². The lowest BCUT2D eigenvalue weighted by Crippen LogP contribution is -2.05. The normalized spacial score (nSPS) is 10.3. The van der Waals surface area contributed by atoms with E-state index in [1.165, 1.54) is 11.9 Å². The van der Waals surface area contributed by atoms with Crippen molar-refractivity contribution in [1.29, 1.82) is 0 Å². The number of aryl methyl sites for hydroxylation is 1. The number of aromatic nitrogens is 2. The molecule has 0 aliphatic carbocycles. The van der Waals surface area contributed by atoms with Gasteiger partial charge in [-0.2, -0.15) is 0 Å². The van der Waals surface area contributed by atoms with Gasteiger partial charge in [0.25, 0.3) is 0 Å². The van der Waals surface area contributed by atoms with E-state index in [-0.39, 0.29) is 0 Å². The maximum atomic E-state index is 6.04. The van der Waals surface area contributed by atoms with Gasteiger partial charge in [0.15, 0.2) is 5.82 Å². The van der Waals surface area contributed by atoms with Crippen molar-refractivity contribution < 1.29 is 0 Å². The van der Waals surface area contributed by atoms with Crippen molar-refractivity contribution >= 4 is 23.3 Å². The maximum Gasteiger partial charge on any atom is 0.153 e. The Kier molecular flexibility index (Phi) is 4.04. The summed E-state index contributed by atoms with van der Waals surface area (Å²) in [5.74, 6) is 0.696. The van der Waals surface area contributed by atoms with Crippen molar-refractivity contribution in [3.8, 4) is 0 Å². The van der Waals surface area contributed by atoms with Gasteiger partial charge in [-0.05, 0) is 26.0 Å². The second-order valence-electron chi connectivity index (χ2n) is 3.89. The number of anilines is 2. The molecular weight excluding hydrogens is 244 g/mol. The summed E-state index contributed by atoms with van der Waals surface area (Å²) >= 11 is 1.55. The fourth-order valence-electron chi connectivity index (χ4n) is 1.49. The molecule has 2 aromatic rings. The highest BCUT2D eigenvalue weighted by atomic mass is 32.2. The number of nitrogens with zero attached hydrogens (tertiary/aromatic N) is 2. The fraction of sp³-hybridized carbons (Fsp3) is 0.231. The Balaban J connectivity index is 2.23. The Morgan fingerprint density at radius 3 is 2.61 bits per heavy atom. The fourth-order valence-corrected chi connectivity index (χ4v) is 2.29. The topological polar surface area (TPSA) is 63.8 Å². The Labute approximate surface area is 111 Å². The molecule has 5 heteroatoms. The van der Waals surface area contributed by atoms with E-state index in [4.69, 9.17) is 5.73 Å². The molecule has 0 radical (unpaired) electrons. The van der Waals surface area contributed by atoms with Crippen LogP contribution in [0.5, 0.6) is 0 Å². The third kappa shape index (κ3) is 2.92. The molecule has 3 N–H and O–H groups in total. The molecular formula is C13H16N4S. The van der Waals surface area contributed by atoms with E-state index in [1.807, 2.05) is 6.92 Å². The van der Waals surface area contributed by atoms with Gasteiger partial charge in [0.2, 0.25) is 0 Å². The first-order valence-corrected chi connectivity index (χ1v) is 6.61. The second kappa shape index (κ2) is 5.73. The van der Waals surface area contributed by atoms with Crippen molar-refractivity contribution in [3.63, 3.8) is 0 Å². The van der Waals surface area contributed by atoms with Crippen LogP contribution in [-0.4, -0.2) is 16.5 Å². The first kappa shape index (κ1) is 12.7. The van der Waals surface area contributed by atoms with E-state index in [9.17, 15) is 0 Å². The summed E-state index contributed by atoms with van der Waals surface area (Å²) in [5.41, 5.74) is 7.88. The molecule has 18 heavy (non-hydrogen) atoms. The maximum absolute atomic E-state index is 6.04. The van der Waals surface area contributed by atoms with Crippen LogP contribution in [0.2, 0.25) is 0 Å². The molecule has 0 fully saturated rings.